The zero-order chi connectivity index (χ0) is 52.8. The molecule has 3 aromatic rings. The van der Waals surface area contributed by atoms with Crippen molar-refractivity contribution in [3.63, 3.8) is 0 Å². The van der Waals surface area contributed by atoms with E-state index in [4.69, 9.17) is 20.9 Å². The van der Waals surface area contributed by atoms with Gasteiger partial charge >= 0.3 is 18.1 Å². The lowest BCUT2D eigenvalue weighted by atomic mass is 9.96. The Bertz CT molecular complexity index is 2280. The predicted molar refractivity (Wildman–Crippen MR) is 267 cm³/mol. The molecule has 0 aliphatic heterocycles. The first-order valence-electron chi connectivity index (χ1n) is 23.9. The lowest BCUT2D eigenvalue weighted by Gasteiger charge is -2.29. The third-order valence-corrected chi connectivity index (χ3v) is 11.6. The van der Waals surface area contributed by atoms with Gasteiger partial charge in [0.15, 0.2) is 5.96 Å². The molecular weight excluding hydrogens is 917 g/mol. The lowest BCUT2D eigenvalue weighted by Crippen LogP contribution is -2.62. The molecule has 0 bridgehead atoms. The fourth-order valence-corrected chi connectivity index (χ4v) is 7.41. The minimum atomic E-state index is -1.22. The first-order valence-corrected chi connectivity index (χ1v) is 23.9. The van der Waals surface area contributed by atoms with Crippen LogP contribution in [0.1, 0.15) is 92.2 Å². The topological polar surface area (TPSA) is 331 Å². The van der Waals surface area contributed by atoms with E-state index >= 15 is 0 Å². The molecule has 0 spiro atoms. The van der Waals surface area contributed by atoms with E-state index in [2.05, 4.69) is 52.7 Å². The molecule has 0 aliphatic rings. The number of esters is 1. The van der Waals surface area contributed by atoms with Crippen LogP contribution >= 0.6 is 0 Å². The largest absolute Gasteiger partial charge is 0.467 e. The number of para-hydroxylation sites is 1. The fourth-order valence-electron chi connectivity index (χ4n) is 7.41. The quantitative estimate of drug-likeness (QED) is 0.0182. The minimum Gasteiger partial charge on any atom is -0.467 e. The molecule has 22 nitrogen and oxygen atoms in total. The number of amides is 8. The number of aromatic amines is 1. The number of nitrogens with zero attached hydrogens (tertiary/aromatic N) is 1. The van der Waals surface area contributed by atoms with Gasteiger partial charge in [0, 0.05) is 30.1 Å². The molecule has 0 fully saturated rings. The van der Waals surface area contributed by atoms with Crippen LogP contribution < -0.4 is 54.2 Å². The number of alkyl carbamates (subject to hydrolysis) is 1. The number of fused-ring (bicyclic) bond motifs is 1. The molecule has 71 heavy (non-hydrogen) atoms. The zero-order valence-corrected chi connectivity index (χ0v) is 42.2. The maximum Gasteiger partial charge on any atom is 0.408 e. The molecule has 13 N–H and O–H groups in total. The molecule has 390 valence electrons. The van der Waals surface area contributed by atoms with Crippen LogP contribution in [0.3, 0.4) is 0 Å². The van der Waals surface area contributed by atoms with Crippen molar-refractivity contribution >= 4 is 64.5 Å². The molecule has 0 radical (unpaired) electrons. The summed E-state index contributed by atoms with van der Waals surface area (Å²) >= 11 is 0. The van der Waals surface area contributed by atoms with Crippen molar-refractivity contribution in [3.05, 3.63) is 71.9 Å². The monoisotopic (exact) mass is 991 g/mol. The number of hydrogen-bond acceptors (Lipinski definition) is 11. The number of methoxy groups -OCH3 is 1. The van der Waals surface area contributed by atoms with E-state index in [1.165, 1.54) is 7.11 Å². The van der Waals surface area contributed by atoms with Crippen molar-refractivity contribution in [2.24, 2.45) is 40.1 Å². The summed E-state index contributed by atoms with van der Waals surface area (Å²) < 4.78 is 10.3. The number of aromatic nitrogens is 1. The van der Waals surface area contributed by atoms with Crippen LogP contribution in [0.2, 0.25) is 0 Å². The van der Waals surface area contributed by atoms with E-state index in [0.29, 0.717) is 6.42 Å². The number of H-pyrrole nitrogens is 1. The van der Waals surface area contributed by atoms with Crippen molar-refractivity contribution in [2.45, 2.75) is 130 Å². The van der Waals surface area contributed by atoms with Gasteiger partial charge in [-0.05, 0) is 60.1 Å². The third-order valence-electron chi connectivity index (χ3n) is 11.6. The molecule has 22 heteroatoms. The van der Waals surface area contributed by atoms with Crippen LogP contribution in [0.15, 0.2) is 65.8 Å². The summed E-state index contributed by atoms with van der Waals surface area (Å²) in [5.74, 6) is -5.91. The van der Waals surface area contributed by atoms with Gasteiger partial charge in [-0.15, -0.1) is 0 Å². The van der Waals surface area contributed by atoms with Crippen LogP contribution in [0.25, 0.3) is 10.9 Å². The van der Waals surface area contributed by atoms with Gasteiger partial charge in [-0.2, -0.15) is 0 Å². The Kier molecular flexibility index (Phi) is 23.6. The fraction of sp³-hybridized carbons (Fsp3) is 0.531. The second-order valence-electron chi connectivity index (χ2n) is 18.5. The van der Waals surface area contributed by atoms with Gasteiger partial charge in [0.05, 0.1) is 7.11 Å². The number of ether oxygens (including phenoxy) is 2. The second-order valence-corrected chi connectivity index (χ2v) is 18.5. The average Bonchev–Trinajstić information content (AvgIpc) is 3.74. The Morgan fingerprint density at radius 1 is 0.662 bits per heavy atom. The molecular formula is C49H74N12O10. The summed E-state index contributed by atoms with van der Waals surface area (Å²) in [6.45, 7) is 14.1. The van der Waals surface area contributed by atoms with E-state index in [0.717, 1.165) is 22.0 Å². The molecule has 2 aromatic carbocycles. The number of carbonyl (C=O) groups is 8. The molecule has 7 atom stereocenters. The molecule has 8 amide bonds. The highest BCUT2D eigenvalue weighted by atomic mass is 16.5. The van der Waals surface area contributed by atoms with Crippen LogP contribution in [-0.2, 0) is 51.3 Å². The summed E-state index contributed by atoms with van der Waals surface area (Å²) in [4.78, 5) is 115. The molecule has 0 aliphatic carbocycles. The highest BCUT2D eigenvalue weighted by Gasteiger charge is 2.35. The maximum atomic E-state index is 13.9. The first kappa shape index (κ1) is 57.9. The standard InChI is InChI=1S/C49H74N12O10/c1-10-30(8)40(44(65)58-38(28(4)5)43(64)55-37(46(67)70-9)24-32-25-53-34-20-15-14-19-33(32)34)59-48(68)61-60-45(66)39(29(6)7)57-42(63)36(23-27(2)3)54-41(62)35(21-16-22-52-47(50)51)56-49(69)71-26-31-17-12-11-13-18-31/h11-15,17-20,25,27-30,35-40,53H,10,16,21-24,26H2,1-9H3,(H,54,62)(H,55,64)(H,56,69)(H,57,63)(H,58,65)(H,60,66)(H4,50,51,52)(H2,59,61,68)/t30-,35-,36-,37-,38-,39-,40-/m0/s1. The van der Waals surface area contributed by atoms with Crippen molar-refractivity contribution < 1.29 is 47.8 Å². The molecule has 0 saturated heterocycles. The number of nitrogens with two attached hydrogens (primary N) is 2. The van der Waals surface area contributed by atoms with Crippen molar-refractivity contribution in [3.8, 4) is 0 Å². The normalized spacial score (nSPS) is 14.1. The summed E-state index contributed by atoms with van der Waals surface area (Å²) in [6, 6.07) is 8.54. The van der Waals surface area contributed by atoms with E-state index in [1.807, 2.05) is 51.1 Å². The summed E-state index contributed by atoms with van der Waals surface area (Å²) in [6.07, 6.45) is 1.95. The molecule has 1 heterocycles. The second kappa shape index (κ2) is 28.9. The average molecular weight is 991 g/mol. The van der Waals surface area contributed by atoms with Crippen LogP contribution in [-0.4, -0.2) is 108 Å². The van der Waals surface area contributed by atoms with E-state index in [-0.39, 0.29) is 50.7 Å². The maximum absolute atomic E-state index is 13.9. The predicted octanol–water partition coefficient (Wildman–Crippen LogP) is 2.27. The number of nitrogens with one attached hydrogen (secondary N) is 9. The molecule has 0 saturated carbocycles. The SMILES string of the molecule is CC[C@H](C)[C@H](NC(=O)NNC(=O)[C@@H](NC(=O)[C@H](CC(C)C)NC(=O)[C@H](CCCN=C(N)N)NC(=O)OCc1ccccc1)C(C)C)C(=O)N[C@H](C(=O)N[C@@H](Cc1c[nH]c2ccccc12)C(=O)OC)C(C)C. The third kappa shape index (κ3) is 19.1. The Morgan fingerprint density at radius 3 is 1.87 bits per heavy atom. The number of benzene rings is 2. The summed E-state index contributed by atoms with van der Waals surface area (Å²) in [7, 11) is 1.22. The van der Waals surface area contributed by atoms with Gasteiger partial charge in [-0.1, -0.05) is 110 Å². The summed E-state index contributed by atoms with van der Waals surface area (Å²) in [5.41, 5.74) is 17.8. The number of guanidine groups is 1. The smallest absolute Gasteiger partial charge is 0.408 e. The van der Waals surface area contributed by atoms with Crippen molar-refractivity contribution in [1.29, 1.82) is 0 Å². The van der Waals surface area contributed by atoms with E-state index < -0.39 is 102 Å². The van der Waals surface area contributed by atoms with Crippen LogP contribution in [0.4, 0.5) is 9.59 Å². The Labute approximate surface area is 415 Å². The Hall–Kier alpha value is -7.39. The summed E-state index contributed by atoms with van der Waals surface area (Å²) in [5, 5.41) is 16.9. The van der Waals surface area contributed by atoms with Crippen molar-refractivity contribution in [1.82, 2.24) is 47.7 Å². The van der Waals surface area contributed by atoms with Gasteiger partial charge in [0.25, 0.3) is 5.91 Å². The number of hydrogen-bond donors (Lipinski definition) is 11. The lowest BCUT2D eigenvalue weighted by molar-refractivity contribution is -0.145. The minimum absolute atomic E-state index is 0.0507. The molecule has 1 aromatic heterocycles. The van der Waals surface area contributed by atoms with Gasteiger partial charge in [0.2, 0.25) is 23.6 Å². The molecule has 3 rings (SSSR count). The number of rotatable bonds is 26. The van der Waals surface area contributed by atoms with Gasteiger partial charge < -0.3 is 57.8 Å². The van der Waals surface area contributed by atoms with Crippen molar-refractivity contribution in [2.75, 3.05) is 13.7 Å². The van der Waals surface area contributed by atoms with E-state index in [1.54, 1.807) is 65.1 Å². The van der Waals surface area contributed by atoms with Gasteiger partial charge in [0.1, 0.15) is 42.9 Å². The zero-order valence-electron chi connectivity index (χ0n) is 42.2. The molecule has 0 unspecified atom stereocenters. The first-order chi connectivity index (χ1) is 33.6. The van der Waals surface area contributed by atoms with Crippen LogP contribution in [0.5, 0.6) is 0 Å². The highest BCUT2D eigenvalue weighted by Crippen LogP contribution is 2.20. The van der Waals surface area contributed by atoms with Gasteiger partial charge in [-0.25, -0.2) is 19.8 Å². The Morgan fingerprint density at radius 2 is 1.25 bits per heavy atom. The van der Waals surface area contributed by atoms with E-state index in [9.17, 15) is 38.4 Å². The number of carbonyl (C=O) groups excluding carboxylic acids is 8. The number of aliphatic imine (C=N–C) groups is 1. The van der Waals surface area contributed by atoms with Gasteiger partial charge in [-0.3, -0.25) is 34.4 Å². The number of urea groups is 1. The Balaban J connectivity index is 1.68. The number of hydrazine groups is 1. The highest BCUT2D eigenvalue weighted by molar-refractivity contribution is 5.96. The van der Waals surface area contributed by atoms with Crippen LogP contribution in [0, 0.1) is 23.7 Å².